The van der Waals surface area contributed by atoms with Gasteiger partial charge in [0.2, 0.25) is 5.91 Å². The zero-order valence-electron chi connectivity index (χ0n) is 10.8. The summed E-state index contributed by atoms with van der Waals surface area (Å²) in [5.41, 5.74) is 9.33. The molecule has 2 aliphatic rings. The number of halogens is 1. The molecular formula is C16H15ClN2O. The summed E-state index contributed by atoms with van der Waals surface area (Å²) < 4.78 is 0. The lowest BCUT2D eigenvalue weighted by molar-refractivity contribution is -0.123. The molecule has 2 aliphatic heterocycles. The third-order valence-electron chi connectivity index (χ3n) is 4.35. The number of fused-ring (bicyclic) bond motifs is 7. The van der Waals surface area contributed by atoms with E-state index in [0.29, 0.717) is 0 Å². The molecule has 2 heterocycles. The number of carbonyl (C=O) groups excluding carboxylic acids is 1. The van der Waals surface area contributed by atoms with Gasteiger partial charge in [-0.15, -0.1) is 12.4 Å². The summed E-state index contributed by atoms with van der Waals surface area (Å²) in [5.74, 6) is -0.324. The van der Waals surface area contributed by atoms with Gasteiger partial charge in [-0.1, -0.05) is 48.5 Å². The van der Waals surface area contributed by atoms with Gasteiger partial charge in [0, 0.05) is 6.04 Å². The highest BCUT2D eigenvalue weighted by Crippen LogP contribution is 2.48. The van der Waals surface area contributed by atoms with Crippen LogP contribution in [0, 0.1) is 0 Å². The van der Waals surface area contributed by atoms with E-state index in [-0.39, 0.29) is 24.4 Å². The van der Waals surface area contributed by atoms with Crippen LogP contribution in [0.3, 0.4) is 0 Å². The number of rotatable bonds is 1. The molecule has 2 atom stereocenters. The predicted octanol–water partition coefficient (Wildman–Crippen LogP) is 2.04. The fourth-order valence-electron chi connectivity index (χ4n) is 3.56. The maximum Gasteiger partial charge on any atom is 0.247 e. The van der Waals surface area contributed by atoms with Gasteiger partial charge in [-0.25, -0.2) is 0 Å². The molecule has 20 heavy (non-hydrogen) atoms. The van der Waals surface area contributed by atoms with E-state index in [0.717, 1.165) is 17.5 Å². The molecule has 2 bridgehead atoms. The molecule has 2 aromatic rings. The summed E-state index contributed by atoms with van der Waals surface area (Å²) in [4.78, 5) is 12.2. The molecule has 0 radical (unpaired) electrons. The quantitative estimate of drug-likeness (QED) is 0.843. The highest BCUT2D eigenvalue weighted by molar-refractivity contribution is 5.93. The van der Waals surface area contributed by atoms with E-state index >= 15 is 0 Å². The van der Waals surface area contributed by atoms with Crippen molar-refractivity contribution in [2.24, 2.45) is 5.73 Å². The minimum Gasteiger partial charge on any atom is -0.367 e. The Kier molecular flexibility index (Phi) is 2.85. The molecular weight excluding hydrogens is 272 g/mol. The van der Waals surface area contributed by atoms with Crippen LogP contribution in [0.4, 0.5) is 0 Å². The van der Waals surface area contributed by atoms with Gasteiger partial charge in [-0.3, -0.25) is 10.1 Å². The minimum atomic E-state index is -0.851. The summed E-state index contributed by atoms with van der Waals surface area (Å²) in [6.45, 7) is 0. The maximum absolute atomic E-state index is 12.2. The molecule has 3 nitrogen and oxygen atoms in total. The minimum absolute atomic E-state index is 0. The third kappa shape index (κ3) is 1.42. The third-order valence-corrected chi connectivity index (χ3v) is 4.35. The monoisotopic (exact) mass is 286 g/mol. The molecule has 0 saturated heterocycles. The number of hydrogen-bond donors (Lipinski definition) is 2. The zero-order valence-corrected chi connectivity index (χ0v) is 11.6. The lowest BCUT2D eigenvalue weighted by Gasteiger charge is -2.34. The van der Waals surface area contributed by atoms with Crippen LogP contribution < -0.4 is 11.1 Å². The van der Waals surface area contributed by atoms with Gasteiger partial charge in [0.25, 0.3) is 0 Å². The second-order valence-electron chi connectivity index (χ2n) is 5.26. The van der Waals surface area contributed by atoms with Gasteiger partial charge >= 0.3 is 0 Å². The van der Waals surface area contributed by atoms with E-state index in [1.807, 2.05) is 36.4 Å². The first-order chi connectivity index (χ1) is 9.23. The zero-order chi connectivity index (χ0) is 13.0. The van der Waals surface area contributed by atoms with Gasteiger partial charge in [0.15, 0.2) is 0 Å². The second kappa shape index (κ2) is 4.33. The molecule has 0 spiro atoms. The Hall–Kier alpha value is -1.84. The maximum atomic E-state index is 12.2. The SMILES string of the molecule is Cl.NC(=O)C12NC(Cc3ccccc31)c1ccccc12. The van der Waals surface area contributed by atoms with Gasteiger partial charge in [-0.05, 0) is 28.7 Å². The molecule has 4 heteroatoms. The van der Waals surface area contributed by atoms with E-state index in [1.165, 1.54) is 11.1 Å². The average molecular weight is 287 g/mol. The molecule has 2 aromatic carbocycles. The first kappa shape index (κ1) is 13.2. The van der Waals surface area contributed by atoms with Crippen molar-refractivity contribution in [3.63, 3.8) is 0 Å². The van der Waals surface area contributed by atoms with Crippen LogP contribution in [0.25, 0.3) is 0 Å². The van der Waals surface area contributed by atoms with Gasteiger partial charge < -0.3 is 5.73 Å². The normalized spacial score (nSPS) is 25.3. The Morgan fingerprint density at radius 3 is 2.50 bits per heavy atom. The lowest BCUT2D eigenvalue weighted by atomic mass is 9.80. The van der Waals surface area contributed by atoms with Crippen LogP contribution in [-0.2, 0) is 16.8 Å². The standard InChI is InChI=1S/C16H14N2O.ClH/c17-15(19)16-12-7-3-1-5-10(12)9-14(18-16)11-6-2-4-8-13(11)16;/h1-8,14,18H,9H2,(H2,17,19);1H. The Morgan fingerprint density at radius 2 is 1.75 bits per heavy atom. The Bertz CT molecular complexity index is 687. The van der Waals surface area contributed by atoms with Crippen LogP contribution in [0.15, 0.2) is 48.5 Å². The van der Waals surface area contributed by atoms with Crippen molar-refractivity contribution in [2.75, 3.05) is 0 Å². The van der Waals surface area contributed by atoms with E-state index < -0.39 is 5.54 Å². The van der Waals surface area contributed by atoms with E-state index in [2.05, 4.69) is 17.4 Å². The number of primary amides is 1. The lowest BCUT2D eigenvalue weighted by Crippen LogP contribution is -2.53. The van der Waals surface area contributed by atoms with Crippen molar-refractivity contribution in [2.45, 2.75) is 18.0 Å². The molecule has 1 amide bonds. The van der Waals surface area contributed by atoms with Crippen LogP contribution in [-0.4, -0.2) is 5.91 Å². The summed E-state index contributed by atoms with van der Waals surface area (Å²) >= 11 is 0. The smallest absolute Gasteiger partial charge is 0.247 e. The fraction of sp³-hybridized carbons (Fsp3) is 0.188. The summed E-state index contributed by atoms with van der Waals surface area (Å²) in [6, 6.07) is 16.3. The largest absolute Gasteiger partial charge is 0.367 e. The molecule has 0 aromatic heterocycles. The van der Waals surface area contributed by atoms with Gasteiger partial charge in [-0.2, -0.15) is 0 Å². The molecule has 102 valence electrons. The van der Waals surface area contributed by atoms with Crippen molar-refractivity contribution < 1.29 is 4.79 Å². The molecule has 0 fully saturated rings. The van der Waals surface area contributed by atoms with E-state index in [9.17, 15) is 4.79 Å². The first-order valence-corrected chi connectivity index (χ1v) is 6.49. The molecule has 0 aliphatic carbocycles. The average Bonchev–Trinajstić information content (AvgIpc) is 2.71. The highest BCUT2D eigenvalue weighted by atomic mass is 35.5. The van der Waals surface area contributed by atoms with Crippen molar-refractivity contribution in [1.29, 1.82) is 0 Å². The molecule has 3 N–H and O–H groups in total. The Morgan fingerprint density at radius 1 is 1.10 bits per heavy atom. The number of nitrogens with two attached hydrogens (primary N) is 1. The first-order valence-electron chi connectivity index (χ1n) is 6.49. The van der Waals surface area contributed by atoms with Gasteiger partial charge in [0.05, 0.1) is 0 Å². The van der Waals surface area contributed by atoms with Gasteiger partial charge in [0.1, 0.15) is 5.54 Å². The van der Waals surface area contributed by atoms with Crippen LogP contribution >= 0.6 is 12.4 Å². The second-order valence-corrected chi connectivity index (χ2v) is 5.26. The number of amides is 1. The topological polar surface area (TPSA) is 55.1 Å². The fourth-order valence-corrected chi connectivity index (χ4v) is 3.56. The van der Waals surface area contributed by atoms with Crippen LogP contribution in [0.1, 0.15) is 28.3 Å². The number of nitrogens with one attached hydrogen (secondary N) is 1. The van der Waals surface area contributed by atoms with E-state index in [1.54, 1.807) is 0 Å². The Balaban J connectivity index is 0.00000121. The van der Waals surface area contributed by atoms with Crippen molar-refractivity contribution >= 4 is 18.3 Å². The molecule has 4 rings (SSSR count). The predicted molar refractivity (Wildman–Crippen MR) is 79.7 cm³/mol. The van der Waals surface area contributed by atoms with Crippen LogP contribution in [0.2, 0.25) is 0 Å². The number of carbonyl (C=O) groups is 1. The van der Waals surface area contributed by atoms with Crippen LogP contribution in [0.5, 0.6) is 0 Å². The summed E-state index contributed by atoms with van der Waals surface area (Å²) in [5, 5.41) is 3.45. The van der Waals surface area contributed by atoms with Crippen molar-refractivity contribution in [3.05, 3.63) is 70.8 Å². The van der Waals surface area contributed by atoms with E-state index in [4.69, 9.17) is 5.73 Å². The molecule has 2 unspecified atom stereocenters. The summed E-state index contributed by atoms with van der Waals surface area (Å²) in [7, 11) is 0. The number of hydrogen-bond acceptors (Lipinski definition) is 2. The van der Waals surface area contributed by atoms with Crippen molar-refractivity contribution in [3.8, 4) is 0 Å². The highest BCUT2D eigenvalue weighted by Gasteiger charge is 2.52. The van der Waals surface area contributed by atoms with Crippen molar-refractivity contribution in [1.82, 2.24) is 5.32 Å². The summed E-state index contributed by atoms with van der Waals surface area (Å²) in [6.07, 6.45) is 0.905. The number of benzene rings is 2. The Labute approximate surface area is 123 Å². The molecule has 0 saturated carbocycles.